The number of aromatic nitrogens is 2. The summed E-state index contributed by atoms with van der Waals surface area (Å²) in [6, 6.07) is 13.7. The van der Waals surface area contributed by atoms with Crippen LogP contribution in [0, 0.1) is 18.8 Å². The van der Waals surface area contributed by atoms with Crippen molar-refractivity contribution < 1.29 is 28.6 Å². The van der Waals surface area contributed by atoms with Crippen LogP contribution in [0.15, 0.2) is 66.3 Å². The first-order valence-corrected chi connectivity index (χ1v) is 18.0. The molecule has 1 aliphatic heterocycles. The summed E-state index contributed by atoms with van der Waals surface area (Å²) in [5, 5.41) is 9.17. The normalized spacial score (nSPS) is 16.1. The second-order valence-electron chi connectivity index (χ2n) is 13.1. The third kappa shape index (κ3) is 8.89. The number of rotatable bonds is 14. The molecule has 0 saturated carbocycles. The number of carbonyl (C=O) groups excluding carboxylic acids is 3. The molecule has 3 amide bonds. The van der Waals surface area contributed by atoms with E-state index in [-0.39, 0.29) is 23.7 Å². The molecule has 3 heterocycles. The predicted molar refractivity (Wildman–Crippen MR) is 203 cm³/mol. The molecular weight excluding hydrogens is 681 g/mol. The lowest BCUT2D eigenvalue weighted by atomic mass is 10.0. The van der Waals surface area contributed by atoms with Crippen LogP contribution in [0.4, 0.5) is 11.5 Å². The van der Waals surface area contributed by atoms with E-state index >= 15 is 0 Å². The molecule has 0 bridgehead atoms. The SMILES string of the molecule is COc1cc(Nc2ncccc2/C=C/C(=O)N[C@H](C(=O)N2CC(C)C[C@H]2C(=O)NCc2ccc(-c3scnc3C)cc2)C(C)C)cc(OC)c1OC. The van der Waals surface area contributed by atoms with Gasteiger partial charge in [0.2, 0.25) is 23.5 Å². The summed E-state index contributed by atoms with van der Waals surface area (Å²) in [6.45, 7) is 8.53. The van der Waals surface area contributed by atoms with E-state index in [2.05, 4.69) is 25.9 Å². The monoisotopic (exact) mass is 726 g/mol. The molecule has 52 heavy (non-hydrogen) atoms. The molecule has 12 nitrogen and oxygen atoms in total. The van der Waals surface area contributed by atoms with Crippen LogP contribution in [0.5, 0.6) is 17.2 Å². The molecular formula is C39H46N6O6S. The number of benzene rings is 2. The van der Waals surface area contributed by atoms with Crippen molar-refractivity contribution in [2.45, 2.75) is 52.7 Å². The van der Waals surface area contributed by atoms with Crippen LogP contribution >= 0.6 is 11.3 Å². The van der Waals surface area contributed by atoms with Crippen molar-refractivity contribution in [1.29, 1.82) is 0 Å². The van der Waals surface area contributed by atoms with Gasteiger partial charge in [-0.1, -0.05) is 45.0 Å². The lowest BCUT2D eigenvalue weighted by Gasteiger charge is -2.30. The van der Waals surface area contributed by atoms with Crippen molar-refractivity contribution in [3.05, 3.63) is 83.1 Å². The van der Waals surface area contributed by atoms with Gasteiger partial charge in [0.25, 0.3) is 0 Å². The van der Waals surface area contributed by atoms with Crippen molar-refractivity contribution in [2.75, 3.05) is 33.2 Å². The molecule has 5 rings (SSSR count). The number of anilines is 2. The number of amides is 3. The number of nitrogens with zero attached hydrogens (tertiary/aromatic N) is 3. The van der Waals surface area contributed by atoms with E-state index in [4.69, 9.17) is 14.2 Å². The van der Waals surface area contributed by atoms with Gasteiger partial charge in [-0.2, -0.15) is 0 Å². The van der Waals surface area contributed by atoms with E-state index in [1.54, 1.807) is 46.7 Å². The second-order valence-corrected chi connectivity index (χ2v) is 13.9. The molecule has 4 aromatic rings. The van der Waals surface area contributed by atoms with Gasteiger partial charge >= 0.3 is 0 Å². The van der Waals surface area contributed by atoms with Crippen molar-refractivity contribution in [1.82, 2.24) is 25.5 Å². The Morgan fingerprint density at radius 1 is 1.02 bits per heavy atom. The standard InChI is InChI=1S/C39H46N6O6S/c1-23(2)34(44-33(46)15-14-28-9-8-16-40-37(28)43-29-18-31(49-5)35(51-7)32(19-29)50-6)39(48)45-21-24(3)17-30(45)38(47)41-20-26-10-12-27(13-11-26)36-25(4)42-22-52-36/h8-16,18-19,22-24,30,34H,17,20-21H2,1-7H3,(H,40,43)(H,41,47)(H,44,46)/b15-14+/t24?,30-,34-/m0/s1. The Morgan fingerprint density at radius 2 is 1.73 bits per heavy atom. The largest absolute Gasteiger partial charge is 0.493 e. The molecule has 1 aliphatic rings. The Balaban J connectivity index is 1.23. The van der Waals surface area contributed by atoms with Crippen LogP contribution in [-0.4, -0.2) is 72.5 Å². The molecule has 0 aliphatic carbocycles. The van der Waals surface area contributed by atoms with Crippen LogP contribution in [0.2, 0.25) is 0 Å². The van der Waals surface area contributed by atoms with Gasteiger partial charge in [0.1, 0.15) is 17.9 Å². The maximum Gasteiger partial charge on any atom is 0.246 e. The van der Waals surface area contributed by atoms with E-state index in [1.807, 2.05) is 63.5 Å². The first kappa shape index (κ1) is 37.8. The quantitative estimate of drug-likeness (QED) is 0.134. The van der Waals surface area contributed by atoms with Gasteiger partial charge in [-0.3, -0.25) is 14.4 Å². The summed E-state index contributed by atoms with van der Waals surface area (Å²) < 4.78 is 16.3. The summed E-state index contributed by atoms with van der Waals surface area (Å²) in [5.41, 5.74) is 6.13. The molecule has 3 N–H and O–H groups in total. The van der Waals surface area contributed by atoms with Gasteiger partial charge in [0.05, 0.1) is 37.4 Å². The molecule has 2 aromatic heterocycles. The van der Waals surface area contributed by atoms with Crippen molar-refractivity contribution in [3.8, 4) is 27.7 Å². The molecule has 0 radical (unpaired) electrons. The minimum absolute atomic E-state index is 0.132. The molecule has 274 valence electrons. The van der Waals surface area contributed by atoms with Gasteiger partial charge in [0.15, 0.2) is 11.5 Å². The summed E-state index contributed by atoms with van der Waals surface area (Å²) >= 11 is 1.60. The highest BCUT2D eigenvalue weighted by molar-refractivity contribution is 7.13. The predicted octanol–water partition coefficient (Wildman–Crippen LogP) is 5.99. The summed E-state index contributed by atoms with van der Waals surface area (Å²) in [7, 11) is 4.61. The van der Waals surface area contributed by atoms with E-state index < -0.39 is 18.0 Å². The Morgan fingerprint density at radius 3 is 2.35 bits per heavy atom. The average molecular weight is 727 g/mol. The molecule has 2 aromatic carbocycles. The van der Waals surface area contributed by atoms with Crippen LogP contribution in [0.25, 0.3) is 16.5 Å². The zero-order chi connectivity index (χ0) is 37.4. The average Bonchev–Trinajstić information content (AvgIpc) is 3.76. The lowest BCUT2D eigenvalue weighted by molar-refractivity contribution is -0.142. The fourth-order valence-corrected chi connectivity index (χ4v) is 7.02. The number of aryl methyl sites for hydroxylation is 1. The lowest BCUT2D eigenvalue weighted by Crippen LogP contribution is -2.55. The van der Waals surface area contributed by atoms with Crippen molar-refractivity contribution in [2.24, 2.45) is 11.8 Å². The summed E-state index contributed by atoms with van der Waals surface area (Å²) in [5.74, 6) is 0.870. The highest BCUT2D eigenvalue weighted by atomic mass is 32.1. The highest BCUT2D eigenvalue weighted by Crippen LogP contribution is 2.40. The highest BCUT2D eigenvalue weighted by Gasteiger charge is 2.41. The Kier molecular flexibility index (Phi) is 12.5. The number of carbonyl (C=O) groups is 3. The van der Waals surface area contributed by atoms with E-state index in [9.17, 15) is 14.4 Å². The third-order valence-electron chi connectivity index (χ3n) is 8.94. The maximum absolute atomic E-state index is 14.0. The van der Waals surface area contributed by atoms with E-state index in [0.29, 0.717) is 53.8 Å². The van der Waals surface area contributed by atoms with Crippen molar-refractivity contribution in [3.63, 3.8) is 0 Å². The molecule has 3 atom stereocenters. The zero-order valence-electron chi connectivity index (χ0n) is 30.6. The Bertz CT molecular complexity index is 1880. The number of nitrogens with one attached hydrogen (secondary N) is 3. The number of hydrogen-bond acceptors (Lipinski definition) is 10. The number of methoxy groups -OCH3 is 3. The fourth-order valence-electron chi connectivity index (χ4n) is 6.20. The fraction of sp³-hybridized carbons (Fsp3) is 0.359. The smallest absolute Gasteiger partial charge is 0.246 e. The first-order valence-electron chi connectivity index (χ1n) is 17.1. The number of pyridine rings is 1. The molecule has 1 fully saturated rings. The summed E-state index contributed by atoms with van der Waals surface area (Å²) in [4.78, 5) is 52.2. The molecule has 0 spiro atoms. The van der Waals surface area contributed by atoms with Gasteiger partial charge in [-0.25, -0.2) is 9.97 Å². The van der Waals surface area contributed by atoms with Crippen LogP contribution in [0.3, 0.4) is 0 Å². The summed E-state index contributed by atoms with van der Waals surface area (Å²) in [6.07, 6.45) is 5.18. The van der Waals surface area contributed by atoms with Crippen LogP contribution in [-0.2, 0) is 20.9 Å². The van der Waals surface area contributed by atoms with Gasteiger partial charge < -0.3 is 35.1 Å². The second kappa shape index (κ2) is 17.2. The van der Waals surface area contributed by atoms with Crippen molar-refractivity contribution >= 4 is 46.6 Å². The minimum atomic E-state index is -0.828. The maximum atomic E-state index is 14.0. The Labute approximate surface area is 308 Å². The Hall–Kier alpha value is -5.43. The number of likely N-dealkylation sites (tertiary alicyclic amines) is 1. The topological polar surface area (TPSA) is 144 Å². The van der Waals surface area contributed by atoms with Gasteiger partial charge in [-0.15, -0.1) is 11.3 Å². The zero-order valence-corrected chi connectivity index (χ0v) is 31.4. The minimum Gasteiger partial charge on any atom is -0.493 e. The van der Waals surface area contributed by atoms with E-state index in [1.165, 1.54) is 27.4 Å². The number of thiazole rings is 1. The first-order chi connectivity index (χ1) is 25.0. The van der Waals surface area contributed by atoms with Gasteiger partial charge in [-0.05, 0) is 54.5 Å². The molecule has 1 saturated heterocycles. The molecule has 13 heteroatoms. The van der Waals surface area contributed by atoms with Gasteiger partial charge in [0, 0.05) is 48.7 Å². The third-order valence-corrected chi connectivity index (χ3v) is 9.91. The number of hydrogen-bond donors (Lipinski definition) is 3. The van der Waals surface area contributed by atoms with Crippen LogP contribution in [0.1, 0.15) is 44.0 Å². The number of ether oxygens (including phenoxy) is 3. The molecule has 1 unspecified atom stereocenters. The van der Waals surface area contributed by atoms with Crippen LogP contribution < -0.4 is 30.2 Å². The van der Waals surface area contributed by atoms with E-state index in [0.717, 1.165) is 21.7 Å².